The highest BCUT2D eigenvalue weighted by molar-refractivity contribution is 7.89. The van der Waals surface area contributed by atoms with Crippen molar-refractivity contribution in [2.24, 2.45) is 11.8 Å². The third kappa shape index (κ3) is 2.02. The van der Waals surface area contributed by atoms with Crippen LogP contribution in [0.25, 0.3) is 4.96 Å². The Bertz CT molecular complexity index is 734. The number of fused-ring (bicyclic) bond motifs is 1. The molecule has 0 aliphatic carbocycles. The van der Waals surface area contributed by atoms with Crippen LogP contribution in [0.2, 0.25) is 0 Å². The van der Waals surface area contributed by atoms with Crippen molar-refractivity contribution in [1.29, 1.82) is 0 Å². The number of nitrogens with zero attached hydrogens (tertiary/aromatic N) is 3. The van der Waals surface area contributed by atoms with Gasteiger partial charge in [-0.05, 0) is 18.3 Å². The zero-order valence-electron chi connectivity index (χ0n) is 11.5. The number of imidazole rings is 1. The SMILES string of the molecule is CC1CCN(S(=O)(=O)c2c(N)nc3sccn23)CC1C. The van der Waals surface area contributed by atoms with Gasteiger partial charge in [0.1, 0.15) is 0 Å². The maximum absolute atomic E-state index is 12.8. The number of thiazole rings is 1. The molecule has 0 bridgehead atoms. The fourth-order valence-corrected chi connectivity index (χ4v) is 5.11. The number of sulfonamides is 1. The minimum absolute atomic E-state index is 0.0862. The Morgan fingerprint density at radius 3 is 2.85 bits per heavy atom. The van der Waals surface area contributed by atoms with E-state index in [9.17, 15) is 8.42 Å². The summed E-state index contributed by atoms with van der Waals surface area (Å²) in [5.41, 5.74) is 5.82. The van der Waals surface area contributed by atoms with Crippen LogP contribution in [0.1, 0.15) is 20.3 Å². The van der Waals surface area contributed by atoms with Crippen LogP contribution in [0.4, 0.5) is 5.82 Å². The van der Waals surface area contributed by atoms with Gasteiger partial charge in [0.25, 0.3) is 10.0 Å². The van der Waals surface area contributed by atoms with Gasteiger partial charge >= 0.3 is 0 Å². The summed E-state index contributed by atoms with van der Waals surface area (Å²) >= 11 is 1.37. The largest absolute Gasteiger partial charge is 0.381 e. The van der Waals surface area contributed by atoms with Gasteiger partial charge in [0, 0.05) is 24.7 Å². The molecule has 0 amide bonds. The molecule has 0 radical (unpaired) electrons. The van der Waals surface area contributed by atoms with Gasteiger partial charge in [0.15, 0.2) is 15.8 Å². The van der Waals surface area contributed by atoms with Crippen LogP contribution >= 0.6 is 11.3 Å². The molecule has 6 nitrogen and oxygen atoms in total. The summed E-state index contributed by atoms with van der Waals surface area (Å²) in [6.45, 7) is 5.34. The number of nitrogens with two attached hydrogens (primary N) is 1. The molecule has 3 heterocycles. The van der Waals surface area contributed by atoms with Gasteiger partial charge in [-0.2, -0.15) is 4.31 Å². The van der Waals surface area contributed by atoms with Crippen LogP contribution in [0.3, 0.4) is 0 Å². The number of piperidine rings is 1. The Kier molecular flexibility index (Phi) is 3.26. The summed E-state index contributed by atoms with van der Waals surface area (Å²) in [4.78, 5) is 4.73. The van der Waals surface area contributed by atoms with E-state index in [1.165, 1.54) is 15.6 Å². The third-order valence-electron chi connectivity index (χ3n) is 4.12. The quantitative estimate of drug-likeness (QED) is 0.914. The van der Waals surface area contributed by atoms with Gasteiger partial charge in [-0.1, -0.05) is 13.8 Å². The lowest BCUT2D eigenvalue weighted by Gasteiger charge is -2.34. The molecule has 8 heteroatoms. The molecule has 1 saturated heterocycles. The molecule has 20 heavy (non-hydrogen) atoms. The number of rotatable bonds is 2. The van der Waals surface area contributed by atoms with Crippen LogP contribution in [-0.4, -0.2) is 35.2 Å². The second-order valence-corrected chi connectivity index (χ2v) is 8.19. The summed E-state index contributed by atoms with van der Waals surface area (Å²) in [6.07, 6.45) is 2.58. The number of nitrogen functional groups attached to an aromatic ring is 1. The van der Waals surface area contributed by atoms with Crippen molar-refractivity contribution in [2.45, 2.75) is 25.3 Å². The Hall–Kier alpha value is -1.12. The molecule has 1 aliphatic rings. The minimum atomic E-state index is -3.59. The highest BCUT2D eigenvalue weighted by Gasteiger charge is 2.35. The molecule has 110 valence electrons. The predicted molar refractivity (Wildman–Crippen MR) is 79.2 cm³/mol. The normalized spacial score (nSPS) is 25.3. The van der Waals surface area contributed by atoms with Gasteiger partial charge in [0.05, 0.1) is 0 Å². The predicted octanol–water partition coefficient (Wildman–Crippen LogP) is 1.64. The first-order valence-electron chi connectivity index (χ1n) is 6.62. The van der Waals surface area contributed by atoms with E-state index in [1.54, 1.807) is 10.6 Å². The lowest BCUT2D eigenvalue weighted by atomic mass is 9.90. The molecule has 0 spiro atoms. The molecular formula is C12H18N4O2S2. The first-order valence-corrected chi connectivity index (χ1v) is 8.94. The van der Waals surface area contributed by atoms with E-state index in [2.05, 4.69) is 18.8 Å². The van der Waals surface area contributed by atoms with Crippen LogP contribution < -0.4 is 5.73 Å². The fourth-order valence-electron chi connectivity index (χ4n) is 2.60. The van der Waals surface area contributed by atoms with Crippen molar-refractivity contribution >= 4 is 32.1 Å². The Morgan fingerprint density at radius 2 is 2.15 bits per heavy atom. The highest BCUT2D eigenvalue weighted by atomic mass is 32.2. The summed E-state index contributed by atoms with van der Waals surface area (Å²) < 4.78 is 28.8. The van der Waals surface area contributed by atoms with Crippen LogP contribution in [0.15, 0.2) is 16.6 Å². The molecule has 2 atom stereocenters. The van der Waals surface area contributed by atoms with Gasteiger partial charge in [0.2, 0.25) is 0 Å². The van der Waals surface area contributed by atoms with E-state index in [1.807, 2.05) is 5.38 Å². The Labute approximate surface area is 122 Å². The third-order valence-corrected chi connectivity index (χ3v) is 6.79. The highest BCUT2D eigenvalue weighted by Crippen LogP contribution is 2.30. The first-order chi connectivity index (χ1) is 9.41. The maximum Gasteiger partial charge on any atom is 0.262 e. The van der Waals surface area contributed by atoms with E-state index in [-0.39, 0.29) is 10.8 Å². The molecule has 0 aromatic carbocycles. The second kappa shape index (κ2) is 4.71. The van der Waals surface area contributed by atoms with Crippen molar-refractivity contribution in [3.8, 4) is 0 Å². The average Bonchev–Trinajstić information content (AvgIpc) is 2.91. The maximum atomic E-state index is 12.8. The van der Waals surface area contributed by atoms with Gasteiger partial charge in [-0.15, -0.1) is 11.3 Å². The zero-order chi connectivity index (χ0) is 14.5. The summed E-state index contributed by atoms with van der Waals surface area (Å²) in [5.74, 6) is 0.985. The molecule has 2 aromatic heterocycles. The van der Waals surface area contributed by atoms with Gasteiger partial charge in [-0.3, -0.25) is 4.40 Å². The molecule has 2 aromatic rings. The fraction of sp³-hybridized carbons (Fsp3) is 0.583. The van der Waals surface area contributed by atoms with E-state index in [4.69, 9.17) is 5.73 Å². The van der Waals surface area contributed by atoms with Crippen molar-refractivity contribution in [2.75, 3.05) is 18.8 Å². The molecule has 1 aliphatic heterocycles. The summed E-state index contributed by atoms with van der Waals surface area (Å²) in [6, 6.07) is 0. The topological polar surface area (TPSA) is 80.7 Å². The average molecular weight is 314 g/mol. The monoisotopic (exact) mass is 314 g/mol. The minimum Gasteiger partial charge on any atom is -0.381 e. The molecule has 0 saturated carbocycles. The zero-order valence-corrected chi connectivity index (χ0v) is 13.1. The number of hydrogen-bond donors (Lipinski definition) is 1. The number of aromatic nitrogens is 2. The lowest BCUT2D eigenvalue weighted by Crippen LogP contribution is -2.42. The van der Waals surface area contributed by atoms with E-state index < -0.39 is 10.0 Å². The Morgan fingerprint density at radius 1 is 1.40 bits per heavy atom. The molecular weight excluding hydrogens is 296 g/mol. The smallest absolute Gasteiger partial charge is 0.262 e. The van der Waals surface area contributed by atoms with Crippen molar-refractivity contribution in [1.82, 2.24) is 13.7 Å². The number of hydrogen-bond acceptors (Lipinski definition) is 5. The van der Waals surface area contributed by atoms with E-state index in [0.717, 1.165) is 6.42 Å². The van der Waals surface area contributed by atoms with Crippen molar-refractivity contribution in [3.05, 3.63) is 11.6 Å². The van der Waals surface area contributed by atoms with Crippen LogP contribution in [0.5, 0.6) is 0 Å². The lowest BCUT2D eigenvalue weighted by molar-refractivity contribution is 0.212. The molecule has 2 unspecified atom stereocenters. The van der Waals surface area contributed by atoms with Crippen molar-refractivity contribution in [3.63, 3.8) is 0 Å². The molecule has 1 fully saturated rings. The van der Waals surface area contributed by atoms with E-state index >= 15 is 0 Å². The van der Waals surface area contributed by atoms with Crippen molar-refractivity contribution < 1.29 is 8.42 Å². The second-order valence-electron chi connectivity index (χ2n) is 5.46. The number of anilines is 1. The summed E-state index contributed by atoms with van der Waals surface area (Å²) in [7, 11) is -3.59. The van der Waals surface area contributed by atoms with Crippen LogP contribution in [-0.2, 0) is 10.0 Å². The Balaban J connectivity index is 2.04. The van der Waals surface area contributed by atoms with Gasteiger partial charge < -0.3 is 5.73 Å². The standard InChI is InChI=1S/C12H18N4O2S2/c1-8-3-4-15(7-9(8)2)20(17,18)11-10(13)14-12-16(11)5-6-19-12/h5-6,8-9H,3-4,7,13H2,1-2H3. The van der Waals surface area contributed by atoms with Crippen LogP contribution in [0, 0.1) is 11.8 Å². The first kappa shape index (κ1) is 13.8. The van der Waals surface area contributed by atoms with E-state index in [0.29, 0.717) is 29.9 Å². The molecule has 2 N–H and O–H groups in total. The molecule has 3 rings (SSSR count). The summed E-state index contributed by atoms with van der Waals surface area (Å²) in [5, 5.41) is 1.91. The van der Waals surface area contributed by atoms with Gasteiger partial charge in [-0.25, -0.2) is 13.4 Å².